The van der Waals surface area contributed by atoms with E-state index in [1.165, 1.54) is 22.0 Å². The minimum atomic E-state index is -4.04. The second kappa shape index (κ2) is 11.3. The lowest BCUT2D eigenvalue weighted by molar-refractivity contribution is -0.384. The number of amides is 1. The van der Waals surface area contributed by atoms with Crippen molar-refractivity contribution in [1.29, 1.82) is 0 Å². The van der Waals surface area contributed by atoms with Gasteiger partial charge in [-0.25, -0.2) is 8.42 Å². The number of carbonyl (C=O) groups is 1. The van der Waals surface area contributed by atoms with E-state index < -0.39 is 26.7 Å². The molecule has 0 N–H and O–H groups in total. The number of nitro benzene ring substituents is 1. The van der Waals surface area contributed by atoms with E-state index in [0.717, 1.165) is 25.3 Å². The minimum absolute atomic E-state index is 0.000792. The van der Waals surface area contributed by atoms with Gasteiger partial charge in [-0.3, -0.25) is 14.9 Å². The van der Waals surface area contributed by atoms with Crippen LogP contribution in [0, 0.1) is 16.0 Å². The van der Waals surface area contributed by atoms with Gasteiger partial charge in [-0.2, -0.15) is 4.31 Å². The predicted molar refractivity (Wildman–Crippen MR) is 131 cm³/mol. The van der Waals surface area contributed by atoms with E-state index in [1.807, 2.05) is 18.2 Å². The molecule has 2 aromatic rings. The van der Waals surface area contributed by atoms with Crippen LogP contribution in [0.25, 0.3) is 0 Å². The molecule has 10 heteroatoms. The Morgan fingerprint density at radius 1 is 1.18 bits per heavy atom. The minimum Gasteiger partial charge on any atom is -0.343 e. The molecule has 0 bridgehead atoms. The average Bonchev–Trinajstić information content (AvgIpc) is 2.79. The highest BCUT2D eigenvalue weighted by atomic mass is 35.5. The summed E-state index contributed by atoms with van der Waals surface area (Å²) in [4.78, 5) is 24.9. The number of sulfonamides is 1. The van der Waals surface area contributed by atoms with Gasteiger partial charge in [0.2, 0.25) is 15.9 Å². The summed E-state index contributed by atoms with van der Waals surface area (Å²) >= 11 is 5.83. The standard InChI is InChI=1S/C24H30ClN3O5S/c1-18(2)27(34(32,33)21-8-9-22(25)23(17-21)28(30)31)15-12-24(29)26-13-10-20(11-14-26)16-19-6-4-3-5-7-19/h3-9,17-18,20H,10-16H2,1-2H3. The van der Waals surface area contributed by atoms with Crippen LogP contribution in [0.3, 0.4) is 0 Å². The van der Waals surface area contributed by atoms with Crippen molar-refractivity contribution >= 4 is 33.2 Å². The maximum absolute atomic E-state index is 13.2. The Morgan fingerprint density at radius 3 is 2.41 bits per heavy atom. The maximum Gasteiger partial charge on any atom is 0.289 e. The number of nitro groups is 1. The molecule has 184 valence electrons. The van der Waals surface area contributed by atoms with Crippen LogP contribution in [-0.4, -0.2) is 54.1 Å². The molecule has 0 aliphatic carbocycles. The first-order valence-electron chi connectivity index (χ1n) is 11.4. The number of nitrogens with zero attached hydrogens (tertiary/aromatic N) is 3. The van der Waals surface area contributed by atoms with Crippen molar-refractivity contribution in [3.8, 4) is 0 Å². The van der Waals surface area contributed by atoms with Gasteiger partial charge in [-0.05, 0) is 56.7 Å². The molecule has 2 aromatic carbocycles. The van der Waals surface area contributed by atoms with Gasteiger partial charge in [-0.15, -0.1) is 0 Å². The van der Waals surface area contributed by atoms with E-state index in [2.05, 4.69) is 12.1 Å². The summed E-state index contributed by atoms with van der Waals surface area (Å²) in [6.07, 6.45) is 2.88. The Bertz CT molecular complexity index is 1120. The fourth-order valence-electron chi connectivity index (χ4n) is 4.28. The van der Waals surface area contributed by atoms with E-state index in [0.29, 0.717) is 19.0 Å². The summed E-state index contributed by atoms with van der Waals surface area (Å²) in [6.45, 7) is 4.74. The molecule has 3 rings (SSSR count). The Balaban J connectivity index is 1.61. The highest BCUT2D eigenvalue weighted by Crippen LogP contribution is 2.29. The van der Waals surface area contributed by atoms with Crippen LogP contribution in [0.15, 0.2) is 53.4 Å². The topological polar surface area (TPSA) is 101 Å². The molecule has 1 aliphatic rings. The molecule has 0 unspecified atom stereocenters. The van der Waals surface area contributed by atoms with E-state index in [1.54, 1.807) is 18.7 Å². The van der Waals surface area contributed by atoms with E-state index >= 15 is 0 Å². The summed E-state index contributed by atoms with van der Waals surface area (Å²) < 4.78 is 27.6. The highest BCUT2D eigenvalue weighted by Gasteiger charge is 2.31. The monoisotopic (exact) mass is 507 g/mol. The van der Waals surface area contributed by atoms with Crippen LogP contribution < -0.4 is 0 Å². The normalized spacial score (nSPS) is 15.1. The maximum atomic E-state index is 13.2. The third-order valence-electron chi connectivity index (χ3n) is 6.18. The van der Waals surface area contributed by atoms with Crippen molar-refractivity contribution in [1.82, 2.24) is 9.21 Å². The van der Waals surface area contributed by atoms with Gasteiger partial charge in [0, 0.05) is 38.2 Å². The summed E-state index contributed by atoms with van der Waals surface area (Å²) in [6, 6.07) is 13.3. The first-order chi connectivity index (χ1) is 16.1. The number of hydrogen-bond donors (Lipinski definition) is 0. The van der Waals surface area contributed by atoms with Gasteiger partial charge < -0.3 is 4.90 Å². The van der Waals surface area contributed by atoms with Gasteiger partial charge >= 0.3 is 0 Å². The van der Waals surface area contributed by atoms with Gasteiger partial charge in [0.25, 0.3) is 5.69 Å². The van der Waals surface area contributed by atoms with Crippen LogP contribution in [0.2, 0.25) is 5.02 Å². The van der Waals surface area contributed by atoms with Crippen LogP contribution in [0.5, 0.6) is 0 Å². The van der Waals surface area contributed by atoms with Gasteiger partial charge in [0.15, 0.2) is 0 Å². The highest BCUT2D eigenvalue weighted by molar-refractivity contribution is 7.89. The van der Waals surface area contributed by atoms with Crippen LogP contribution in [0.4, 0.5) is 5.69 Å². The fourth-order valence-corrected chi connectivity index (χ4v) is 6.13. The quantitative estimate of drug-likeness (QED) is 0.367. The van der Waals surface area contributed by atoms with Crippen LogP contribution in [0.1, 0.15) is 38.7 Å². The van der Waals surface area contributed by atoms with Gasteiger partial charge in [0.05, 0.1) is 9.82 Å². The van der Waals surface area contributed by atoms with Gasteiger partial charge in [-0.1, -0.05) is 41.9 Å². The molecule has 34 heavy (non-hydrogen) atoms. The first kappa shape index (κ1) is 26.1. The van der Waals surface area contributed by atoms with Crippen LogP contribution in [-0.2, 0) is 21.2 Å². The molecule has 0 saturated carbocycles. The second-order valence-electron chi connectivity index (χ2n) is 8.84. The zero-order valence-electron chi connectivity index (χ0n) is 19.4. The lowest BCUT2D eigenvalue weighted by atomic mass is 9.90. The molecule has 1 aliphatic heterocycles. The molecule has 0 radical (unpaired) electrons. The summed E-state index contributed by atoms with van der Waals surface area (Å²) in [7, 11) is -4.04. The molecular weight excluding hydrogens is 478 g/mol. The van der Waals surface area contributed by atoms with Crippen molar-refractivity contribution < 1.29 is 18.1 Å². The largest absolute Gasteiger partial charge is 0.343 e. The van der Waals surface area contributed by atoms with E-state index in [4.69, 9.17) is 11.6 Å². The van der Waals surface area contributed by atoms with Crippen LogP contribution >= 0.6 is 11.6 Å². The number of hydrogen-bond acceptors (Lipinski definition) is 5. The summed E-state index contributed by atoms with van der Waals surface area (Å²) in [5.41, 5.74) is 0.827. The number of benzene rings is 2. The zero-order chi connectivity index (χ0) is 24.9. The smallest absolute Gasteiger partial charge is 0.289 e. The molecule has 1 heterocycles. The zero-order valence-corrected chi connectivity index (χ0v) is 21.0. The number of piperidine rings is 1. The van der Waals surface area contributed by atoms with Crippen molar-refractivity contribution in [2.45, 2.75) is 50.5 Å². The summed E-state index contributed by atoms with van der Waals surface area (Å²) in [5.74, 6) is 0.445. The molecule has 0 aromatic heterocycles. The van der Waals surface area contributed by atoms with E-state index in [9.17, 15) is 23.3 Å². The SMILES string of the molecule is CC(C)N(CCC(=O)N1CCC(Cc2ccccc2)CC1)S(=O)(=O)c1ccc(Cl)c([N+](=O)[O-])c1. The lowest BCUT2D eigenvalue weighted by Crippen LogP contribution is -2.43. The Kier molecular flexibility index (Phi) is 8.67. The number of rotatable bonds is 9. The van der Waals surface area contributed by atoms with Crippen molar-refractivity contribution in [2.24, 2.45) is 5.92 Å². The average molecular weight is 508 g/mol. The summed E-state index contributed by atoms with van der Waals surface area (Å²) in [5, 5.41) is 11.0. The number of halogens is 1. The van der Waals surface area contributed by atoms with Crippen molar-refractivity contribution in [2.75, 3.05) is 19.6 Å². The van der Waals surface area contributed by atoms with Crippen molar-refractivity contribution in [3.05, 3.63) is 69.2 Å². The molecule has 8 nitrogen and oxygen atoms in total. The molecule has 0 spiro atoms. The molecule has 1 amide bonds. The molecular formula is C24H30ClN3O5S. The number of likely N-dealkylation sites (tertiary alicyclic amines) is 1. The first-order valence-corrected chi connectivity index (χ1v) is 13.2. The Hall–Kier alpha value is -2.49. The molecule has 1 saturated heterocycles. The van der Waals surface area contributed by atoms with E-state index in [-0.39, 0.29) is 28.8 Å². The Morgan fingerprint density at radius 2 is 1.82 bits per heavy atom. The molecule has 1 fully saturated rings. The third-order valence-corrected chi connectivity index (χ3v) is 8.57. The fraction of sp³-hybridized carbons (Fsp3) is 0.458. The predicted octanol–water partition coefficient (Wildman–Crippen LogP) is 4.52. The lowest BCUT2D eigenvalue weighted by Gasteiger charge is -2.33. The third kappa shape index (κ3) is 6.34. The number of carbonyl (C=O) groups excluding carboxylic acids is 1. The Labute approximate surface area is 205 Å². The molecule has 0 atom stereocenters. The van der Waals surface area contributed by atoms with Gasteiger partial charge in [0.1, 0.15) is 5.02 Å². The second-order valence-corrected chi connectivity index (χ2v) is 11.1. The van der Waals surface area contributed by atoms with Crippen molar-refractivity contribution in [3.63, 3.8) is 0 Å².